The average Bonchev–Trinajstić information content (AvgIpc) is 2.37. The molecule has 0 aliphatic rings. The van der Waals surface area contributed by atoms with E-state index in [0.717, 1.165) is 31.3 Å². The van der Waals surface area contributed by atoms with Crippen molar-refractivity contribution in [2.45, 2.75) is 40.0 Å². The monoisotopic (exact) mass is 262 g/mol. The molecule has 0 fully saturated rings. The number of benzene rings is 1. The average molecular weight is 262 g/mol. The standard InChI is InChI=1S/C17H30N2/c1-14(2)16(10-11-18)8-6-12-19(4)17-9-5-7-15(3)13-17/h5,7,9,13-14,16H,6,8,10-12,18H2,1-4H3. The topological polar surface area (TPSA) is 29.3 Å². The summed E-state index contributed by atoms with van der Waals surface area (Å²) in [5, 5.41) is 0. The maximum absolute atomic E-state index is 5.70. The van der Waals surface area contributed by atoms with Crippen molar-refractivity contribution in [3.8, 4) is 0 Å². The third-order valence-electron chi connectivity index (χ3n) is 3.99. The van der Waals surface area contributed by atoms with Crippen LogP contribution >= 0.6 is 0 Å². The van der Waals surface area contributed by atoms with Gasteiger partial charge in [0, 0.05) is 19.3 Å². The van der Waals surface area contributed by atoms with E-state index in [1.807, 2.05) is 0 Å². The molecule has 2 heteroatoms. The minimum atomic E-state index is 0.743. The van der Waals surface area contributed by atoms with Gasteiger partial charge in [0.2, 0.25) is 0 Å². The predicted molar refractivity (Wildman–Crippen MR) is 85.7 cm³/mol. The fourth-order valence-corrected chi connectivity index (χ4v) is 2.61. The smallest absolute Gasteiger partial charge is 0.0366 e. The fourth-order valence-electron chi connectivity index (χ4n) is 2.61. The van der Waals surface area contributed by atoms with Gasteiger partial charge < -0.3 is 10.6 Å². The lowest BCUT2D eigenvalue weighted by atomic mass is 9.88. The second-order valence-electron chi connectivity index (χ2n) is 5.98. The Morgan fingerprint density at radius 3 is 2.53 bits per heavy atom. The largest absolute Gasteiger partial charge is 0.375 e. The van der Waals surface area contributed by atoms with Crippen molar-refractivity contribution in [2.75, 3.05) is 25.0 Å². The van der Waals surface area contributed by atoms with E-state index in [4.69, 9.17) is 5.73 Å². The van der Waals surface area contributed by atoms with Crippen LogP contribution in [0.3, 0.4) is 0 Å². The van der Waals surface area contributed by atoms with Gasteiger partial charge in [-0.1, -0.05) is 26.0 Å². The Balaban J connectivity index is 2.39. The van der Waals surface area contributed by atoms with Crippen molar-refractivity contribution >= 4 is 5.69 Å². The Morgan fingerprint density at radius 2 is 1.95 bits per heavy atom. The molecule has 0 heterocycles. The molecule has 0 radical (unpaired) electrons. The third kappa shape index (κ3) is 5.65. The third-order valence-corrected chi connectivity index (χ3v) is 3.99. The summed E-state index contributed by atoms with van der Waals surface area (Å²) in [5.41, 5.74) is 8.34. The van der Waals surface area contributed by atoms with Gasteiger partial charge >= 0.3 is 0 Å². The molecule has 0 aliphatic carbocycles. The minimum absolute atomic E-state index is 0.743. The highest BCUT2D eigenvalue weighted by atomic mass is 15.1. The second-order valence-corrected chi connectivity index (χ2v) is 5.98. The molecular weight excluding hydrogens is 232 g/mol. The Labute approximate surface area is 119 Å². The van der Waals surface area contributed by atoms with Gasteiger partial charge in [-0.2, -0.15) is 0 Å². The van der Waals surface area contributed by atoms with Crippen LogP contribution in [0.25, 0.3) is 0 Å². The number of hydrogen-bond acceptors (Lipinski definition) is 2. The molecule has 1 unspecified atom stereocenters. The van der Waals surface area contributed by atoms with Crippen LogP contribution < -0.4 is 10.6 Å². The van der Waals surface area contributed by atoms with Gasteiger partial charge in [0.1, 0.15) is 0 Å². The van der Waals surface area contributed by atoms with E-state index in [2.05, 4.69) is 57.0 Å². The van der Waals surface area contributed by atoms with Crippen molar-refractivity contribution in [1.82, 2.24) is 0 Å². The quantitative estimate of drug-likeness (QED) is 0.771. The molecule has 1 atom stereocenters. The molecular formula is C17H30N2. The van der Waals surface area contributed by atoms with Crippen LogP contribution in [-0.4, -0.2) is 20.1 Å². The lowest BCUT2D eigenvalue weighted by Crippen LogP contribution is -2.21. The van der Waals surface area contributed by atoms with Gasteiger partial charge in [-0.25, -0.2) is 0 Å². The Morgan fingerprint density at radius 1 is 1.21 bits per heavy atom. The summed E-state index contributed by atoms with van der Waals surface area (Å²) in [7, 11) is 2.18. The van der Waals surface area contributed by atoms with Gasteiger partial charge in [0.05, 0.1) is 0 Å². The predicted octanol–water partition coefficient (Wildman–Crippen LogP) is 3.83. The number of hydrogen-bond donors (Lipinski definition) is 1. The van der Waals surface area contributed by atoms with Gasteiger partial charge in [-0.15, -0.1) is 0 Å². The molecule has 19 heavy (non-hydrogen) atoms. The van der Waals surface area contributed by atoms with Gasteiger partial charge in [-0.05, 0) is 62.3 Å². The zero-order valence-electron chi connectivity index (χ0n) is 13.0. The van der Waals surface area contributed by atoms with Crippen molar-refractivity contribution in [3.05, 3.63) is 29.8 Å². The molecule has 108 valence electrons. The molecule has 0 aliphatic heterocycles. The van der Waals surface area contributed by atoms with Crippen LogP contribution in [0.5, 0.6) is 0 Å². The molecule has 0 bridgehead atoms. The first kappa shape index (κ1) is 16.0. The summed E-state index contributed by atoms with van der Waals surface area (Å²) in [6, 6.07) is 8.71. The van der Waals surface area contributed by atoms with Crippen LogP contribution in [0.2, 0.25) is 0 Å². The van der Waals surface area contributed by atoms with Gasteiger partial charge in [-0.3, -0.25) is 0 Å². The summed E-state index contributed by atoms with van der Waals surface area (Å²) in [5.74, 6) is 1.52. The molecule has 0 aromatic heterocycles. The number of anilines is 1. The molecule has 0 amide bonds. The number of nitrogens with two attached hydrogens (primary N) is 1. The number of aryl methyl sites for hydroxylation is 1. The van der Waals surface area contributed by atoms with Crippen molar-refractivity contribution in [1.29, 1.82) is 0 Å². The maximum Gasteiger partial charge on any atom is 0.0366 e. The molecule has 1 rings (SSSR count). The number of nitrogens with zero attached hydrogens (tertiary/aromatic N) is 1. The summed E-state index contributed by atoms with van der Waals surface area (Å²) >= 11 is 0. The van der Waals surface area contributed by atoms with Crippen LogP contribution in [0.4, 0.5) is 5.69 Å². The highest BCUT2D eigenvalue weighted by molar-refractivity contribution is 5.47. The molecule has 1 aromatic rings. The lowest BCUT2D eigenvalue weighted by molar-refractivity contribution is 0.334. The van der Waals surface area contributed by atoms with E-state index < -0.39 is 0 Å². The first-order valence-electron chi connectivity index (χ1n) is 7.52. The van der Waals surface area contributed by atoms with E-state index in [9.17, 15) is 0 Å². The van der Waals surface area contributed by atoms with E-state index >= 15 is 0 Å². The van der Waals surface area contributed by atoms with Crippen molar-refractivity contribution < 1.29 is 0 Å². The van der Waals surface area contributed by atoms with E-state index in [-0.39, 0.29) is 0 Å². The summed E-state index contributed by atoms with van der Waals surface area (Å²) in [6.07, 6.45) is 3.68. The molecule has 0 spiro atoms. The molecule has 0 saturated carbocycles. The van der Waals surface area contributed by atoms with Crippen LogP contribution in [0.1, 0.15) is 38.7 Å². The summed E-state index contributed by atoms with van der Waals surface area (Å²) < 4.78 is 0. The van der Waals surface area contributed by atoms with E-state index in [0.29, 0.717) is 0 Å². The van der Waals surface area contributed by atoms with Gasteiger partial charge in [0.15, 0.2) is 0 Å². The molecule has 2 nitrogen and oxygen atoms in total. The van der Waals surface area contributed by atoms with Crippen LogP contribution in [0.15, 0.2) is 24.3 Å². The van der Waals surface area contributed by atoms with Crippen molar-refractivity contribution in [2.24, 2.45) is 17.6 Å². The highest BCUT2D eigenvalue weighted by Gasteiger charge is 2.12. The van der Waals surface area contributed by atoms with Gasteiger partial charge in [0.25, 0.3) is 0 Å². The lowest BCUT2D eigenvalue weighted by Gasteiger charge is -2.23. The first-order chi connectivity index (χ1) is 9.04. The Bertz CT molecular complexity index is 360. The Kier molecular flexibility index (Phi) is 6.93. The Hall–Kier alpha value is -1.02. The second kappa shape index (κ2) is 8.21. The fraction of sp³-hybridized carbons (Fsp3) is 0.647. The van der Waals surface area contributed by atoms with Crippen molar-refractivity contribution in [3.63, 3.8) is 0 Å². The molecule has 1 aromatic carbocycles. The van der Waals surface area contributed by atoms with Crippen LogP contribution in [-0.2, 0) is 0 Å². The van der Waals surface area contributed by atoms with E-state index in [1.54, 1.807) is 0 Å². The number of rotatable bonds is 8. The summed E-state index contributed by atoms with van der Waals surface area (Å²) in [4.78, 5) is 2.35. The molecule has 0 saturated heterocycles. The zero-order valence-corrected chi connectivity index (χ0v) is 13.0. The molecule has 2 N–H and O–H groups in total. The zero-order chi connectivity index (χ0) is 14.3. The minimum Gasteiger partial charge on any atom is -0.375 e. The normalized spacial score (nSPS) is 12.7. The first-order valence-corrected chi connectivity index (χ1v) is 7.52. The van der Waals surface area contributed by atoms with E-state index in [1.165, 1.54) is 24.1 Å². The maximum atomic E-state index is 5.70. The SMILES string of the molecule is Cc1cccc(N(C)CCCC(CCN)C(C)C)c1. The van der Waals surface area contributed by atoms with Crippen LogP contribution in [0, 0.1) is 18.8 Å². The summed E-state index contributed by atoms with van der Waals surface area (Å²) in [6.45, 7) is 8.70. The highest BCUT2D eigenvalue weighted by Crippen LogP contribution is 2.21.